The zero-order valence-corrected chi connectivity index (χ0v) is 15.0. The molecule has 0 saturated carbocycles. The third-order valence-corrected chi connectivity index (χ3v) is 4.30. The lowest BCUT2D eigenvalue weighted by atomic mass is 9.95. The number of urea groups is 1. The number of hydrogen-bond acceptors (Lipinski definition) is 4. The van der Waals surface area contributed by atoms with Gasteiger partial charge in [-0.2, -0.15) is 5.10 Å². The number of nitrogens with zero attached hydrogens (tertiary/aromatic N) is 2. The molecule has 0 bridgehead atoms. The van der Waals surface area contributed by atoms with Gasteiger partial charge in [-0.05, 0) is 38.0 Å². The molecule has 2 amide bonds. The third-order valence-electron chi connectivity index (χ3n) is 4.30. The van der Waals surface area contributed by atoms with Gasteiger partial charge in [-0.25, -0.2) is 15.3 Å². The second kappa shape index (κ2) is 6.97. The first kappa shape index (κ1) is 17.6. The maximum atomic E-state index is 12.7. The van der Waals surface area contributed by atoms with Crippen LogP contribution >= 0.6 is 0 Å². The van der Waals surface area contributed by atoms with E-state index in [0.29, 0.717) is 11.1 Å². The number of hydrogen-bond donors (Lipinski definition) is 3. The summed E-state index contributed by atoms with van der Waals surface area (Å²) in [6, 6.07) is 10.9. The van der Waals surface area contributed by atoms with E-state index in [1.807, 2.05) is 44.4 Å². The summed E-state index contributed by atoms with van der Waals surface area (Å²) in [5.41, 5.74) is 6.73. The highest BCUT2D eigenvalue weighted by atomic mass is 16.2. The molecule has 134 valence electrons. The Kier molecular flexibility index (Phi) is 4.73. The SMILES string of the molecule is Cc1cc(C)c(-c2nn(CNC(=O)NN)c(=O)c3ccccc23)c(C)c1. The van der Waals surface area contributed by atoms with Gasteiger partial charge in [-0.1, -0.05) is 35.9 Å². The average Bonchev–Trinajstić information content (AvgIpc) is 2.61. The van der Waals surface area contributed by atoms with Crippen molar-refractivity contribution in [1.29, 1.82) is 0 Å². The lowest BCUT2D eigenvalue weighted by Gasteiger charge is -2.15. The van der Waals surface area contributed by atoms with Crippen LogP contribution in [-0.2, 0) is 6.67 Å². The van der Waals surface area contributed by atoms with Crippen molar-refractivity contribution in [2.45, 2.75) is 27.4 Å². The zero-order valence-electron chi connectivity index (χ0n) is 15.0. The minimum atomic E-state index is -0.587. The van der Waals surface area contributed by atoms with Gasteiger partial charge in [0.15, 0.2) is 0 Å². The Bertz CT molecular complexity index is 1030. The first-order valence-corrected chi connectivity index (χ1v) is 8.25. The Balaban J connectivity index is 2.27. The highest BCUT2D eigenvalue weighted by Crippen LogP contribution is 2.31. The van der Waals surface area contributed by atoms with Crippen LogP contribution in [0.2, 0.25) is 0 Å². The summed E-state index contributed by atoms with van der Waals surface area (Å²) < 4.78 is 1.24. The Labute approximate surface area is 150 Å². The van der Waals surface area contributed by atoms with Gasteiger partial charge < -0.3 is 5.32 Å². The molecule has 3 aromatic rings. The number of carbonyl (C=O) groups is 1. The van der Waals surface area contributed by atoms with Gasteiger partial charge in [0.25, 0.3) is 5.56 Å². The third kappa shape index (κ3) is 3.16. The number of fused-ring (bicyclic) bond motifs is 1. The van der Waals surface area contributed by atoms with Crippen molar-refractivity contribution in [3.63, 3.8) is 0 Å². The van der Waals surface area contributed by atoms with E-state index in [1.165, 1.54) is 10.2 Å². The number of nitrogens with one attached hydrogen (secondary N) is 2. The summed E-state index contributed by atoms with van der Waals surface area (Å²) in [7, 11) is 0. The molecule has 0 fully saturated rings. The van der Waals surface area contributed by atoms with Gasteiger partial charge in [0, 0.05) is 10.9 Å². The summed E-state index contributed by atoms with van der Waals surface area (Å²) in [5.74, 6) is 5.07. The van der Waals surface area contributed by atoms with Crippen LogP contribution in [0.1, 0.15) is 16.7 Å². The number of benzene rings is 2. The van der Waals surface area contributed by atoms with Gasteiger partial charge in [0.05, 0.1) is 11.1 Å². The van der Waals surface area contributed by atoms with Crippen LogP contribution < -0.4 is 22.1 Å². The highest BCUT2D eigenvalue weighted by molar-refractivity contribution is 5.95. The molecule has 0 aliphatic heterocycles. The minimum absolute atomic E-state index is 0.0797. The van der Waals surface area contributed by atoms with E-state index in [0.717, 1.165) is 22.1 Å². The summed E-state index contributed by atoms with van der Waals surface area (Å²) in [6.45, 7) is 6.03. The van der Waals surface area contributed by atoms with Crippen molar-refractivity contribution in [2.75, 3.05) is 0 Å². The van der Waals surface area contributed by atoms with Crippen LogP contribution in [0.5, 0.6) is 0 Å². The Hall–Kier alpha value is -3.19. The molecule has 0 aliphatic carbocycles. The predicted octanol–water partition coefficient (Wildman–Crippen LogP) is 2.12. The first-order valence-electron chi connectivity index (χ1n) is 8.25. The zero-order chi connectivity index (χ0) is 18.8. The first-order chi connectivity index (χ1) is 12.4. The van der Waals surface area contributed by atoms with Gasteiger partial charge in [0.1, 0.15) is 6.67 Å². The van der Waals surface area contributed by atoms with Crippen LogP contribution in [0.25, 0.3) is 22.0 Å². The summed E-state index contributed by atoms with van der Waals surface area (Å²) >= 11 is 0. The van der Waals surface area contributed by atoms with Crippen molar-refractivity contribution in [3.05, 3.63) is 63.4 Å². The Morgan fingerprint density at radius 3 is 2.35 bits per heavy atom. The van der Waals surface area contributed by atoms with Gasteiger partial charge in [-0.3, -0.25) is 10.2 Å². The number of aromatic nitrogens is 2. The fraction of sp³-hybridized carbons (Fsp3) is 0.211. The highest BCUT2D eigenvalue weighted by Gasteiger charge is 2.16. The topological polar surface area (TPSA) is 102 Å². The van der Waals surface area contributed by atoms with E-state index in [2.05, 4.69) is 22.5 Å². The summed E-state index contributed by atoms with van der Waals surface area (Å²) in [5, 5.41) is 8.38. The van der Waals surface area contributed by atoms with Crippen molar-refractivity contribution in [2.24, 2.45) is 5.84 Å². The molecule has 0 saturated heterocycles. The fourth-order valence-corrected chi connectivity index (χ4v) is 3.28. The molecule has 0 unspecified atom stereocenters. The quantitative estimate of drug-likeness (QED) is 0.382. The van der Waals surface area contributed by atoms with Crippen molar-refractivity contribution >= 4 is 16.8 Å². The fourth-order valence-electron chi connectivity index (χ4n) is 3.28. The van der Waals surface area contributed by atoms with Crippen molar-refractivity contribution < 1.29 is 4.79 Å². The molecule has 1 heterocycles. The Morgan fingerprint density at radius 2 is 1.73 bits per heavy atom. The van der Waals surface area contributed by atoms with Crippen LogP contribution in [-0.4, -0.2) is 15.8 Å². The molecular formula is C19H21N5O2. The van der Waals surface area contributed by atoms with E-state index >= 15 is 0 Å². The van der Waals surface area contributed by atoms with Crippen LogP contribution in [0.4, 0.5) is 4.79 Å². The average molecular weight is 351 g/mol. The monoisotopic (exact) mass is 351 g/mol. The van der Waals surface area contributed by atoms with E-state index in [-0.39, 0.29) is 12.2 Å². The summed E-state index contributed by atoms with van der Waals surface area (Å²) in [6.07, 6.45) is 0. The van der Waals surface area contributed by atoms with Crippen molar-refractivity contribution in [3.8, 4) is 11.3 Å². The maximum absolute atomic E-state index is 12.7. The normalized spacial score (nSPS) is 10.8. The number of hydrazine groups is 1. The lowest BCUT2D eigenvalue weighted by molar-refractivity contribution is 0.237. The molecule has 0 aliphatic rings. The van der Waals surface area contributed by atoms with Crippen LogP contribution in [0.3, 0.4) is 0 Å². The molecule has 4 N–H and O–H groups in total. The number of rotatable bonds is 3. The molecule has 0 spiro atoms. The molecule has 1 aromatic heterocycles. The van der Waals surface area contributed by atoms with Crippen LogP contribution in [0, 0.1) is 20.8 Å². The smallest absolute Gasteiger partial charge is 0.317 e. The second-order valence-corrected chi connectivity index (χ2v) is 6.28. The van der Waals surface area contributed by atoms with Crippen molar-refractivity contribution in [1.82, 2.24) is 20.5 Å². The van der Waals surface area contributed by atoms with Gasteiger partial charge >= 0.3 is 6.03 Å². The van der Waals surface area contributed by atoms with Gasteiger partial charge in [0.2, 0.25) is 0 Å². The summed E-state index contributed by atoms with van der Waals surface area (Å²) in [4.78, 5) is 24.1. The molecule has 0 atom stereocenters. The molecule has 7 nitrogen and oxygen atoms in total. The number of amides is 2. The molecule has 7 heteroatoms. The largest absolute Gasteiger partial charge is 0.330 e. The standard InChI is InChI=1S/C19H21N5O2/c1-11-8-12(2)16(13(3)9-11)17-14-6-4-5-7-15(14)18(25)24(23-17)10-21-19(26)22-20/h4-9H,10,20H2,1-3H3,(H2,21,22,26). The van der Waals surface area contributed by atoms with Gasteiger partial charge in [-0.15, -0.1) is 0 Å². The molecule has 3 rings (SSSR count). The second-order valence-electron chi connectivity index (χ2n) is 6.28. The molecule has 26 heavy (non-hydrogen) atoms. The van der Waals surface area contributed by atoms with E-state index in [4.69, 9.17) is 5.84 Å². The predicted molar refractivity (Wildman–Crippen MR) is 102 cm³/mol. The maximum Gasteiger partial charge on any atom is 0.330 e. The van der Waals surface area contributed by atoms with E-state index in [9.17, 15) is 9.59 Å². The van der Waals surface area contributed by atoms with E-state index < -0.39 is 6.03 Å². The minimum Gasteiger partial charge on any atom is -0.317 e. The Morgan fingerprint density at radius 1 is 1.12 bits per heavy atom. The number of nitrogens with two attached hydrogens (primary N) is 1. The lowest BCUT2D eigenvalue weighted by Crippen LogP contribution is -2.42. The number of aryl methyl sites for hydroxylation is 3. The van der Waals surface area contributed by atoms with E-state index in [1.54, 1.807) is 6.07 Å². The molecule has 2 aromatic carbocycles. The number of carbonyl (C=O) groups excluding carboxylic acids is 1. The molecular weight excluding hydrogens is 330 g/mol. The molecule has 0 radical (unpaired) electrons. The van der Waals surface area contributed by atoms with Crippen LogP contribution in [0.15, 0.2) is 41.2 Å².